The standard InChI is InChI=1S/C12H16OS/c1-12(2)7-9(8-13)14-11-6-4-3-5-10(11)12/h3-6,9,13H,7-8H2,1-2H3. The Morgan fingerprint density at radius 2 is 2.14 bits per heavy atom. The molecule has 0 fully saturated rings. The molecule has 2 rings (SSSR count). The van der Waals surface area contributed by atoms with Gasteiger partial charge in [-0.3, -0.25) is 0 Å². The zero-order chi connectivity index (χ0) is 10.2. The second kappa shape index (κ2) is 3.59. The fourth-order valence-electron chi connectivity index (χ4n) is 2.13. The second-order valence-corrected chi connectivity index (χ2v) is 5.85. The van der Waals surface area contributed by atoms with E-state index in [2.05, 4.69) is 38.1 Å². The maximum absolute atomic E-state index is 9.23. The molecule has 1 unspecified atom stereocenters. The van der Waals surface area contributed by atoms with E-state index in [9.17, 15) is 5.11 Å². The number of rotatable bonds is 1. The van der Waals surface area contributed by atoms with Crippen LogP contribution >= 0.6 is 11.8 Å². The molecule has 1 aromatic rings. The van der Waals surface area contributed by atoms with Crippen molar-refractivity contribution >= 4 is 11.8 Å². The summed E-state index contributed by atoms with van der Waals surface area (Å²) in [4.78, 5) is 1.34. The Morgan fingerprint density at radius 3 is 2.86 bits per heavy atom. The molecule has 14 heavy (non-hydrogen) atoms. The van der Waals surface area contributed by atoms with Gasteiger partial charge in [0, 0.05) is 10.1 Å². The Labute approximate surface area is 89.5 Å². The Kier molecular flexibility index (Phi) is 2.58. The third-order valence-electron chi connectivity index (χ3n) is 2.85. The summed E-state index contributed by atoms with van der Waals surface area (Å²) in [6.07, 6.45) is 1.06. The molecule has 1 aliphatic heterocycles. The van der Waals surface area contributed by atoms with Crippen LogP contribution in [0.2, 0.25) is 0 Å². The summed E-state index contributed by atoms with van der Waals surface area (Å²) in [5.41, 5.74) is 1.63. The maximum Gasteiger partial charge on any atom is 0.0553 e. The van der Waals surface area contributed by atoms with Crippen LogP contribution in [0.5, 0.6) is 0 Å². The van der Waals surface area contributed by atoms with E-state index in [1.54, 1.807) is 0 Å². The van der Waals surface area contributed by atoms with Crippen LogP contribution in [0, 0.1) is 0 Å². The highest BCUT2D eigenvalue weighted by atomic mass is 32.2. The Balaban J connectivity index is 2.41. The topological polar surface area (TPSA) is 20.2 Å². The summed E-state index contributed by atoms with van der Waals surface area (Å²) >= 11 is 1.81. The van der Waals surface area contributed by atoms with Gasteiger partial charge >= 0.3 is 0 Å². The van der Waals surface area contributed by atoms with Crippen molar-refractivity contribution in [3.05, 3.63) is 29.8 Å². The van der Waals surface area contributed by atoms with Gasteiger partial charge in [0.1, 0.15) is 0 Å². The molecule has 1 N–H and O–H groups in total. The first-order valence-corrected chi connectivity index (χ1v) is 5.88. The number of benzene rings is 1. The molecule has 0 aromatic heterocycles. The Morgan fingerprint density at radius 1 is 1.43 bits per heavy atom. The molecule has 1 nitrogen and oxygen atoms in total. The summed E-state index contributed by atoms with van der Waals surface area (Å²) in [5, 5.41) is 9.59. The first-order chi connectivity index (χ1) is 6.63. The lowest BCUT2D eigenvalue weighted by Crippen LogP contribution is -2.29. The minimum Gasteiger partial charge on any atom is -0.395 e. The van der Waals surface area contributed by atoms with E-state index in [-0.39, 0.29) is 12.0 Å². The predicted octanol–water partition coefficient (Wildman–Crippen LogP) is 2.82. The largest absolute Gasteiger partial charge is 0.395 e. The van der Waals surface area contributed by atoms with Crippen LogP contribution in [0.1, 0.15) is 25.8 Å². The minimum atomic E-state index is 0.204. The van der Waals surface area contributed by atoms with Crippen LogP contribution in [-0.2, 0) is 5.41 Å². The van der Waals surface area contributed by atoms with Crippen molar-refractivity contribution in [3.63, 3.8) is 0 Å². The van der Waals surface area contributed by atoms with Crippen molar-refractivity contribution in [2.75, 3.05) is 6.61 Å². The van der Waals surface area contributed by atoms with Crippen molar-refractivity contribution in [2.24, 2.45) is 0 Å². The monoisotopic (exact) mass is 208 g/mol. The van der Waals surface area contributed by atoms with E-state index < -0.39 is 0 Å². The lowest BCUT2D eigenvalue weighted by molar-refractivity contribution is 0.272. The molecule has 0 bridgehead atoms. The maximum atomic E-state index is 9.23. The number of hydrogen-bond donors (Lipinski definition) is 1. The number of aliphatic hydroxyl groups excluding tert-OH is 1. The zero-order valence-corrected chi connectivity index (χ0v) is 9.47. The van der Waals surface area contributed by atoms with Crippen molar-refractivity contribution < 1.29 is 5.11 Å². The van der Waals surface area contributed by atoms with Crippen LogP contribution in [0.3, 0.4) is 0 Å². The van der Waals surface area contributed by atoms with Gasteiger partial charge in [0.15, 0.2) is 0 Å². The van der Waals surface area contributed by atoms with Crippen molar-refractivity contribution in [3.8, 4) is 0 Å². The van der Waals surface area contributed by atoms with Gasteiger partial charge in [-0.25, -0.2) is 0 Å². The molecular formula is C12H16OS. The minimum absolute atomic E-state index is 0.204. The molecule has 0 saturated carbocycles. The highest BCUT2D eigenvalue weighted by Crippen LogP contribution is 2.44. The first kappa shape index (κ1) is 10.1. The van der Waals surface area contributed by atoms with E-state index in [4.69, 9.17) is 0 Å². The van der Waals surface area contributed by atoms with Crippen LogP contribution < -0.4 is 0 Å². The number of aliphatic hydroxyl groups is 1. The molecule has 0 spiro atoms. The molecule has 76 valence electrons. The van der Waals surface area contributed by atoms with Crippen molar-refractivity contribution in [1.82, 2.24) is 0 Å². The lowest BCUT2D eigenvalue weighted by Gasteiger charge is -2.36. The quantitative estimate of drug-likeness (QED) is 0.766. The molecular weight excluding hydrogens is 192 g/mol. The fraction of sp³-hybridized carbons (Fsp3) is 0.500. The van der Waals surface area contributed by atoms with E-state index in [1.165, 1.54) is 10.5 Å². The normalized spacial score (nSPS) is 24.4. The summed E-state index contributed by atoms with van der Waals surface area (Å²) in [5.74, 6) is 0. The SMILES string of the molecule is CC1(C)CC(CO)Sc2ccccc21. The van der Waals surface area contributed by atoms with E-state index >= 15 is 0 Å². The second-order valence-electron chi connectivity index (χ2n) is 4.51. The first-order valence-electron chi connectivity index (χ1n) is 5.00. The lowest BCUT2D eigenvalue weighted by atomic mass is 9.80. The smallest absolute Gasteiger partial charge is 0.0553 e. The predicted molar refractivity (Wildman–Crippen MR) is 60.8 cm³/mol. The summed E-state index contributed by atoms with van der Waals surface area (Å²) in [6.45, 7) is 4.80. The Bertz CT molecular complexity index is 333. The summed E-state index contributed by atoms with van der Waals surface area (Å²) < 4.78 is 0. The third-order valence-corrected chi connectivity index (χ3v) is 4.11. The van der Waals surface area contributed by atoms with Crippen LogP contribution in [0.15, 0.2) is 29.2 Å². The highest BCUT2D eigenvalue weighted by Gasteiger charge is 2.32. The van der Waals surface area contributed by atoms with Gasteiger partial charge in [0.05, 0.1) is 6.61 Å². The molecule has 2 heteroatoms. The van der Waals surface area contributed by atoms with Crippen molar-refractivity contribution in [1.29, 1.82) is 0 Å². The fourth-order valence-corrected chi connectivity index (χ4v) is 3.69. The van der Waals surface area contributed by atoms with Gasteiger partial charge in [-0.15, -0.1) is 11.8 Å². The molecule has 0 amide bonds. The Hall–Kier alpha value is -0.470. The van der Waals surface area contributed by atoms with Crippen LogP contribution in [-0.4, -0.2) is 17.0 Å². The van der Waals surface area contributed by atoms with Gasteiger partial charge < -0.3 is 5.11 Å². The van der Waals surface area contributed by atoms with Gasteiger partial charge in [-0.1, -0.05) is 32.0 Å². The molecule has 1 atom stereocenters. The van der Waals surface area contributed by atoms with Gasteiger partial charge in [-0.05, 0) is 23.5 Å². The zero-order valence-electron chi connectivity index (χ0n) is 8.66. The number of thioether (sulfide) groups is 1. The van der Waals surface area contributed by atoms with Gasteiger partial charge in [0.25, 0.3) is 0 Å². The van der Waals surface area contributed by atoms with E-state index in [0.717, 1.165) is 6.42 Å². The molecule has 1 aromatic carbocycles. The number of hydrogen-bond acceptors (Lipinski definition) is 2. The van der Waals surface area contributed by atoms with Crippen LogP contribution in [0.4, 0.5) is 0 Å². The van der Waals surface area contributed by atoms with Crippen molar-refractivity contribution in [2.45, 2.75) is 35.8 Å². The average molecular weight is 208 g/mol. The van der Waals surface area contributed by atoms with Gasteiger partial charge in [-0.2, -0.15) is 0 Å². The van der Waals surface area contributed by atoms with E-state index in [0.29, 0.717) is 5.25 Å². The average Bonchev–Trinajstić information content (AvgIpc) is 2.17. The summed E-state index contributed by atoms with van der Waals surface area (Å²) in [6, 6.07) is 8.53. The highest BCUT2D eigenvalue weighted by molar-refractivity contribution is 8.00. The third kappa shape index (κ3) is 1.69. The molecule has 0 aliphatic carbocycles. The van der Waals surface area contributed by atoms with Crippen LogP contribution in [0.25, 0.3) is 0 Å². The van der Waals surface area contributed by atoms with Gasteiger partial charge in [0.2, 0.25) is 0 Å². The molecule has 1 heterocycles. The molecule has 1 aliphatic rings. The van der Waals surface area contributed by atoms with E-state index in [1.807, 2.05) is 11.8 Å². The molecule has 0 saturated heterocycles. The molecule has 0 radical (unpaired) electrons. The number of fused-ring (bicyclic) bond motifs is 1. The summed E-state index contributed by atoms with van der Waals surface area (Å²) in [7, 11) is 0.